The Labute approximate surface area is 122 Å². The number of aryl methyl sites for hydroxylation is 2. The van der Waals surface area contributed by atoms with Crippen LogP contribution in [0.3, 0.4) is 0 Å². The second kappa shape index (κ2) is 5.70. The van der Waals surface area contributed by atoms with Crippen LogP contribution < -0.4 is 16.4 Å². The van der Waals surface area contributed by atoms with Gasteiger partial charge in [0.1, 0.15) is 5.69 Å². The molecule has 0 unspecified atom stereocenters. The van der Waals surface area contributed by atoms with Gasteiger partial charge in [-0.05, 0) is 30.8 Å². The van der Waals surface area contributed by atoms with Crippen molar-refractivity contribution < 1.29 is 4.79 Å². The minimum absolute atomic E-state index is 0.277. The first-order valence-electron chi connectivity index (χ1n) is 5.94. The molecule has 0 radical (unpaired) electrons. The molecule has 0 saturated carbocycles. The summed E-state index contributed by atoms with van der Waals surface area (Å²) in [4.78, 5) is 11.4. The van der Waals surface area contributed by atoms with E-state index >= 15 is 0 Å². The van der Waals surface area contributed by atoms with Crippen molar-refractivity contribution in [1.82, 2.24) is 9.78 Å². The molecule has 6 nitrogen and oxygen atoms in total. The van der Waals surface area contributed by atoms with Gasteiger partial charge in [-0.25, -0.2) is 0 Å². The van der Waals surface area contributed by atoms with Gasteiger partial charge < -0.3 is 16.4 Å². The van der Waals surface area contributed by atoms with Gasteiger partial charge in [-0.1, -0.05) is 18.2 Å². The Hall–Kier alpha value is -2.41. The number of hydrogen-bond acceptors (Lipinski definition) is 3. The molecule has 0 spiro atoms. The monoisotopic (exact) mass is 289 g/mol. The maximum atomic E-state index is 11.4. The Kier molecular flexibility index (Phi) is 3.99. The van der Waals surface area contributed by atoms with Crippen molar-refractivity contribution in [2.75, 3.05) is 10.6 Å². The zero-order chi connectivity index (χ0) is 14.7. The number of nitrogens with zero attached hydrogens (tertiary/aromatic N) is 2. The number of rotatable bonds is 3. The molecule has 1 aromatic carbocycles. The van der Waals surface area contributed by atoms with E-state index in [4.69, 9.17) is 18.0 Å². The number of nitrogens with one attached hydrogen (secondary N) is 2. The smallest absolute Gasteiger partial charge is 0.269 e. The topological polar surface area (TPSA) is 85.0 Å². The van der Waals surface area contributed by atoms with Crippen molar-refractivity contribution in [3.05, 3.63) is 41.7 Å². The first-order chi connectivity index (χ1) is 9.49. The number of benzene rings is 1. The first-order valence-corrected chi connectivity index (χ1v) is 6.35. The Morgan fingerprint density at radius 1 is 1.30 bits per heavy atom. The van der Waals surface area contributed by atoms with Crippen molar-refractivity contribution in [2.24, 2.45) is 12.8 Å². The number of hydrogen-bond donors (Lipinski definition) is 3. The van der Waals surface area contributed by atoms with Gasteiger partial charge in [0, 0.05) is 12.7 Å². The predicted octanol–water partition coefficient (Wildman–Crippen LogP) is 1.64. The van der Waals surface area contributed by atoms with Crippen LogP contribution >= 0.6 is 12.2 Å². The summed E-state index contributed by atoms with van der Waals surface area (Å²) < 4.78 is 1.40. The van der Waals surface area contributed by atoms with Gasteiger partial charge in [-0.3, -0.25) is 9.48 Å². The van der Waals surface area contributed by atoms with Crippen molar-refractivity contribution in [1.29, 1.82) is 0 Å². The molecule has 104 valence electrons. The molecule has 1 heterocycles. The van der Waals surface area contributed by atoms with Gasteiger partial charge in [0.05, 0.1) is 11.9 Å². The van der Waals surface area contributed by atoms with E-state index in [9.17, 15) is 4.79 Å². The SMILES string of the molecule is Cc1ccccc1NC(=S)Nc1cnn(C)c1C(N)=O. The van der Waals surface area contributed by atoms with E-state index in [0.717, 1.165) is 11.3 Å². The van der Waals surface area contributed by atoms with Gasteiger partial charge in [0.2, 0.25) is 0 Å². The molecule has 0 bridgehead atoms. The maximum absolute atomic E-state index is 11.4. The van der Waals surface area contributed by atoms with Crippen LogP contribution in [0.25, 0.3) is 0 Å². The summed E-state index contributed by atoms with van der Waals surface area (Å²) >= 11 is 5.22. The average Bonchev–Trinajstić information content (AvgIpc) is 2.73. The summed E-state index contributed by atoms with van der Waals surface area (Å²) in [6.07, 6.45) is 1.51. The van der Waals surface area contributed by atoms with Crippen molar-refractivity contribution in [3.8, 4) is 0 Å². The lowest BCUT2D eigenvalue weighted by Gasteiger charge is -2.12. The molecule has 0 atom stereocenters. The van der Waals surface area contributed by atoms with E-state index in [2.05, 4.69) is 15.7 Å². The number of thiocarbonyl (C=S) groups is 1. The number of aromatic nitrogens is 2. The molecule has 1 aromatic heterocycles. The predicted molar refractivity (Wildman–Crippen MR) is 82.7 cm³/mol. The summed E-state index contributed by atoms with van der Waals surface area (Å²) in [6.45, 7) is 1.98. The number of carbonyl (C=O) groups is 1. The van der Waals surface area contributed by atoms with Crippen LogP contribution in [0, 0.1) is 6.92 Å². The van der Waals surface area contributed by atoms with Crippen molar-refractivity contribution in [2.45, 2.75) is 6.92 Å². The molecule has 0 aliphatic carbocycles. The van der Waals surface area contributed by atoms with Gasteiger partial charge in [0.25, 0.3) is 5.91 Å². The molecule has 0 fully saturated rings. The van der Waals surface area contributed by atoms with Gasteiger partial charge in [-0.2, -0.15) is 5.10 Å². The molecule has 0 saturated heterocycles. The van der Waals surface area contributed by atoms with E-state index in [1.807, 2.05) is 31.2 Å². The second-order valence-electron chi connectivity index (χ2n) is 4.29. The number of primary amides is 1. The first kappa shape index (κ1) is 14.0. The Morgan fingerprint density at radius 2 is 1.95 bits per heavy atom. The van der Waals surface area contributed by atoms with Crippen LogP contribution in [0.4, 0.5) is 11.4 Å². The number of para-hydroxylation sites is 1. The van der Waals surface area contributed by atoms with Gasteiger partial charge in [0.15, 0.2) is 5.11 Å². The average molecular weight is 289 g/mol. The summed E-state index contributed by atoms with van der Waals surface area (Å²) in [5, 5.41) is 10.3. The molecule has 7 heteroatoms. The summed E-state index contributed by atoms with van der Waals surface area (Å²) in [5.74, 6) is -0.564. The highest BCUT2D eigenvalue weighted by Crippen LogP contribution is 2.16. The zero-order valence-electron chi connectivity index (χ0n) is 11.2. The largest absolute Gasteiger partial charge is 0.364 e. The lowest BCUT2D eigenvalue weighted by atomic mass is 10.2. The fourth-order valence-corrected chi connectivity index (χ4v) is 2.03. The molecule has 20 heavy (non-hydrogen) atoms. The third kappa shape index (κ3) is 2.94. The van der Waals surface area contributed by atoms with Crippen LogP contribution in [-0.4, -0.2) is 20.8 Å². The minimum atomic E-state index is -0.564. The third-order valence-corrected chi connectivity index (χ3v) is 3.02. The zero-order valence-corrected chi connectivity index (χ0v) is 12.0. The van der Waals surface area contributed by atoms with Crippen LogP contribution in [0.15, 0.2) is 30.5 Å². The van der Waals surface area contributed by atoms with Crippen LogP contribution in [-0.2, 0) is 7.05 Å². The second-order valence-corrected chi connectivity index (χ2v) is 4.70. The van der Waals surface area contributed by atoms with E-state index in [-0.39, 0.29) is 5.69 Å². The maximum Gasteiger partial charge on any atom is 0.269 e. The van der Waals surface area contributed by atoms with E-state index in [1.54, 1.807) is 7.05 Å². The molecule has 0 aliphatic heterocycles. The quantitative estimate of drug-likeness (QED) is 0.748. The van der Waals surface area contributed by atoms with Crippen LogP contribution in [0.5, 0.6) is 0 Å². The Balaban J connectivity index is 2.13. The lowest BCUT2D eigenvalue weighted by Crippen LogP contribution is -2.23. The number of amides is 1. The van der Waals surface area contributed by atoms with Gasteiger partial charge >= 0.3 is 0 Å². The third-order valence-electron chi connectivity index (χ3n) is 2.81. The van der Waals surface area contributed by atoms with Crippen molar-refractivity contribution in [3.63, 3.8) is 0 Å². The molecule has 0 aliphatic rings. The molecule has 2 rings (SSSR count). The minimum Gasteiger partial charge on any atom is -0.364 e. The summed E-state index contributed by atoms with van der Waals surface area (Å²) in [5.41, 5.74) is 8.03. The molecule has 4 N–H and O–H groups in total. The Bertz CT molecular complexity index is 665. The van der Waals surface area contributed by atoms with E-state index < -0.39 is 5.91 Å². The highest BCUT2D eigenvalue weighted by Gasteiger charge is 2.14. The highest BCUT2D eigenvalue weighted by atomic mass is 32.1. The molecular formula is C13H15N5OS. The number of anilines is 2. The summed E-state index contributed by atoms with van der Waals surface area (Å²) in [6, 6.07) is 7.76. The van der Waals surface area contributed by atoms with Crippen LogP contribution in [0.2, 0.25) is 0 Å². The fourth-order valence-electron chi connectivity index (χ4n) is 1.81. The fraction of sp³-hybridized carbons (Fsp3) is 0.154. The molecule has 1 amide bonds. The number of carbonyl (C=O) groups excluding carboxylic acids is 1. The van der Waals surface area contributed by atoms with Gasteiger partial charge in [-0.15, -0.1) is 0 Å². The molecular weight excluding hydrogens is 274 g/mol. The highest BCUT2D eigenvalue weighted by molar-refractivity contribution is 7.80. The standard InChI is InChI=1S/C13H15N5OS/c1-8-5-3-4-6-9(8)16-13(20)17-10-7-15-18(2)11(10)12(14)19/h3-7H,1-2H3,(H2,14,19)(H2,16,17,20). The normalized spacial score (nSPS) is 10.1. The van der Waals surface area contributed by atoms with E-state index in [0.29, 0.717) is 10.8 Å². The van der Waals surface area contributed by atoms with Crippen molar-refractivity contribution >= 4 is 34.6 Å². The number of nitrogens with two attached hydrogens (primary N) is 1. The summed E-state index contributed by atoms with van der Waals surface area (Å²) in [7, 11) is 1.64. The van der Waals surface area contributed by atoms with E-state index in [1.165, 1.54) is 10.9 Å². The Morgan fingerprint density at radius 3 is 2.60 bits per heavy atom. The molecule has 2 aromatic rings. The lowest BCUT2D eigenvalue weighted by molar-refractivity contribution is 0.0992. The van der Waals surface area contributed by atoms with Crippen LogP contribution in [0.1, 0.15) is 16.1 Å².